The van der Waals surface area contributed by atoms with E-state index >= 15 is 0 Å². The molecule has 0 amide bonds. The third-order valence-electron chi connectivity index (χ3n) is 2.17. The topological polar surface area (TPSA) is 40.5 Å². The van der Waals surface area contributed by atoms with Crippen LogP contribution in [0.2, 0.25) is 0 Å². The average molecular weight is 242 g/mol. The maximum atomic E-state index is 7.62. The van der Waals surface area contributed by atoms with E-state index in [2.05, 4.69) is 36.4 Å². The molecule has 18 heavy (non-hydrogen) atoms. The molecule has 0 atom stereocenters. The normalized spacial score (nSPS) is 9.89. The summed E-state index contributed by atoms with van der Waals surface area (Å²) in [5.74, 6) is 0. The summed E-state index contributed by atoms with van der Waals surface area (Å²) in [6.45, 7) is -0.250. The van der Waals surface area contributed by atoms with Gasteiger partial charge in [0.1, 0.15) is 0 Å². The Morgan fingerprint density at radius 1 is 0.611 bits per heavy atom. The van der Waals surface area contributed by atoms with Crippen LogP contribution in [0.5, 0.6) is 0 Å². The zero-order valence-electron chi connectivity index (χ0n) is 10.2. The van der Waals surface area contributed by atoms with Gasteiger partial charge in [0.15, 0.2) is 0 Å². The summed E-state index contributed by atoms with van der Waals surface area (Å²) in [6, 6.07) is 20.6. The second-order valence-corrected chi connectivity index (χ2v) is 3.60. The van der Waals surface area contributed by atoms with Crippen molar-refractivity contribution in [1.29, 1.82) is 0 Å². The first-order valence-electron chi connectivity index (χ1n) is 5.86. The predicted octanol–water partition coefficient (Wildman–Crippen LogP) is 2.83. The molecule has 2 heteroatoms. The molecular formula is C16H18O2. The van der Waals surface area contributed by atoms with Gasteiger partial charge in [0, 0.05) is 0 Å². The largest absolute Gasteiger partial charge is 0.394 e. The van der Waals surface area contributed by atoms with Gasteiger partial charge in [-0.05, 0) is 11.1 Å². The summed E-state index contributed by atoms with van der Waals surface area (Å²) in [5, 5.41) is 15.2. The van der Waals surface area contributed by atoms with Gasteiger partial charge in [0.2, 0.25) is 0 Å². The molecule has 2 aromatic carbocycles. The molecule has 0 radical (unpaired) electrons. The summed E-state index contributed by atoms with van der Waals surface area (Å²) in [7, 11) is 0. The van der Waals surface area contributed by atoms with Crippen LogP contribution < -0.4 is 0 Å². The van der Waals surface area contributed by atoms with E-state index < -0.39 is 0 Å². The van der Waals surface area contributed by atoms with Gasteiger partial charge < -0.3 is 10.2 Å². The lowest BCUT2D eigenvalue weighted by molar-refractivity contribution is 0.186. The molecule has 94 valence electrons. The van der Waals surface area contributed by atoms with Crippen LogP contribution in [-0.4, -0.2) is 23.4 Å². The minimum Gasteiger partial charge on any atom is -0.394 e. The molecule has 2 nitrogen and oxygen atoms in total. The van der Waals surface area contributed by atoms with Gasteiger partial charge in [-0.15, -0.1) is 0 Å². The van der Waals surface area contributed by atoms with E-state index in [0.717, 1.165) is 0 Å². The third-order valence-corrected chi connectivity index (χ3v) is 2.17. The highest BCUT2D eigenvalue weighted by Gasteiger charge is 1.84. The fourth-order valence-corrected chi connectivity index (χ4v) is 1.32. The van der Waals surface area contributed by atoms with E-state index in [4.69, 9.17) is 10.2 Å². The standard InChI is InChI=1S/C14H12.C2H6O2/c1-3-7-13(8-4-1)11-12-14-9-5-2-6-10-14;3-1-2-4/h1-12H;3-4H,1-2H2. The zero-order valence-corrected chi connectivity index (χ0v) is 10.2. The molecule has 0 unspecified atom stereocenters. The van der Waals surface area contributed by atoms with E-state index in [1.54, 1.807) is 0 Å². The Hall–Kier alpha value is -1.90. The SMILES string of the molecule is C(=Cc1ccccc1)c1ccccc1.OCCO. The fraction of sp³-hybridized carbons (Fsp3) is 0.125. The lowest BCUT2D eigenvalue weighted by Crippen LogP contribution is -1.85. The molecule has 2 rings (SSSR count). The van der Waals surface area contributed by atoms with Crippen LogP contribution in [-0.2, 0) is 0 Å². The Bertz CT molecular complexity index is 392. The van der Waals surface area contributed by atoms with Crippen LogP contribution in [0.15, 0.2) is 60.7 Å². The first-order chi connectivity index (χ1) is 8.86. The second kappa shape index (κ2) is 9.16. The molecule has 0 aromatic heterocycles. The minimum atomic E-state index is -0.125. The van der Waals surface area contributed by atoms with Crippen molar-refractivity contribution < 1.29 is 10.2 Å². The molecule has 0 aliphatic carbocycles. The monoisotopic (exact) mass is 242 g/mol. The first-order valence-corrected chi connectivity index (χ1v) is 5.86. The van der Waals surface area contributed by atoms with Crippen LogP contribution >= 0.6 is 0 Å². The van der Waals surface area contributed by atoms with Crippen molar-refractivity contribution in [1.82, 2.24) is 0 Å². The number of aliphatic hydroxyl groups is 2. The molecular weight excluding hydrogens is 224 g/mol. The molecule has 0 saturated carbocycles. The highest BCUT2D eigenvalue weighted by molar-refractivity contribution is 5.69. The Morgan fingerprint density at radius 3 is 1.22 bits per heavy atom. The van der Waals surface area contributed by atoms with E-state index in [-0.39, 0.29) is 13.2 Å². The van der Waals surface area contributed by atoms with Crippen LogP contribution in [0.4, 0.5) is 0 Å². The lowest BCUT2D eigenvalue weighted by atomic mass is 10.1. The van der Waals surface area contributed by atoms with Crippen molar-refractivity contribution in [2.45, 2.75) is 0 Å². The molecule has 0 spiro atoms. The summed E-state index contributed by atoms with van der Waals surface area (Å²) >= 11 is 0. The second-order valence-electron chi connectivity index (χ2n) is 3.60. The smallest absolute Gasteiger partial charge is 0.0662 e. The lowest BCUT2D eigenvalue weighted by Gasteiger charge is -1.92. The van der Waals surface area contributed by atoms with Crippen molar-refractivity contribution >= 4 is 12.2 Å². The van der Waals surface area contributed by atoms with E-state index in [0.29, 0.717) is 0 Å². The van der Waals surface area contributed by atoms with Gasteiger partial charge >= 0.3 is 0 Å². The summed E-state index contributed by atoms with van der Waals surface area (Å²) in [5.41, 5.74) is 2.47. The molecule has 0 aliphatic rings. The van der Waals surface area contributed by atoms with E-state index in [1.807, 2.05) is 36.4 Å². The van der Waals surface area contributed by atoms with Gasteiger partial charge in [-0.25, -0.2) is 0 Å². The predicted molar refractivity (Wildman–Crippen MR) is 76.0 cm³/mol. The van der Waals surface area contributed by atoms with Crippen LogP contribution in [0, 0.1) is 0 Å². The van der Waals surface area contributed by atoms with Gasteiger partial charge in [0.05, 0.1) is 13.2 Å². The van der Waals surface area contributed by atoms with Crippen molar-refractivity contribution in [3.8, 4) is 0 Å². The summed E-state index contributed by atoms with van der Waals surface area (Å²) < 4.78 is 0. The van der Waals surface area contributed by atoms with Crippen molar-refractivity contribution in [2.24, 2.45) is 0 Å². The molecule has 0 heterocycles. The fourth-order valence-electron chi connectivity index (χ4n) is 1.32. The van der Waals surface area contributed by atoms with E-state index in [9.17, 15) is 0 Å². The molecule has 0 fully saturated rings. The molecule has 0 saturated heterocycles. The third kappa shape index (κ3) is 5.99. The quantitative estimate of drug-likeness (QED) is 0.812. The maximum Gasteiger partial charge on any atom is 0.0662 e. The number of hydrogen-bond acceptors (Lipinski definition) is 2. The van der Waals surface area contributed by atoms with Gasteiger partial charge in [-0.2, -0.15) is 0 Å². The molecule has 0 bridgehead atoms. The Morgan fingerprint density at radius 2 is 0.944 bits per heavy atom. The van der Waals surface area contributed by atoms with Gasteiger partial charge in [-0.1, -0.05) is 72.8 Å². The van der Waals surface area contributed by atoms with Gasteiger partial charge in [-0.3, -0.25) is 0 Å². The highest BCUT2D eigenvalue weighted by Crippen LogP contribution is 2.06. The Labute approximate surface area is 108 Å². The van der Waals surface area contributed by atoms with Gasteiger partial charge in [0.25, 0.3) is 0 Å². The van der Waals surface area contributed by atoms with E-state index in [1.165, 1.54) is 11.1 Å². The van der Waals surface area contributed by atoms with Crippen molar-refractivity contribution in [2.75, 3.05) is 13.2 Å². The number of benzene rings is 2. The molecule has 2 N–H and O–H groups in total. The first kappa shape index (κ1) is 14.2. The Kier molecular flexibility index (Phi) is 7.21. The maximum absolute atomic E-state index is 7.62. The summed E-state index contributed by atoms with van der Waals surface area (Å²) in [4.78, 5) is 0. The summed E-state index contributed by atoms with van der Waals surface area (Å²) in [6.07, 6.45) is 4.24. The minimum absolute atomic E-state index is 0.125. The molecule has 2 aromatic rings. The van der Waals surface area contributed by atoms with Crippen molar-refractivity contribution in [3.05, 3.63) is 71.8 Å². The Balaban J connectivity index is 0.000000357. The number of rotatable bonds is 3. The number of aliphatic hydroxyl groups excluding tert-OH is 2. The van der Waals surface area contributed by atoms with Crippen molar-refractivity contribution in [3.63, 3.8) is 0 Å². The molecule has 0 aliphatic heterocycles. The zero-order chi connectivity index (χ0) is 13.1. The van der Waals surface area contributed by atoms with Crippen LogP contribution in [0.25, 0.3) is 12.2 Å². The van der Waals surface area contributed by atoms with Crippen LogP contribution in [0.1, 0.15) is 11.1 Å². The number of hydrogen-bond donors (Lipinski definition) is 2. The highest BCUT2D eigenvalue weighted by atomic mass is 16.3. The van der Waals surface area contributed by atoms with Crippen LogP contribution in [0.3, 0.4) is 0 Å². The average Bonchev–Trinajstić information content (AvgIpc) is 2.47.